The molecule has 0 saturated carbocycles. The van der Waals surface area contributed by atoms with Gasteiger partial charge < -0.3 is 9.84 Å². The Kier molecular flexibility index (Phi) is 5.60. The van der Waals surface area contributed by atoms with Crippen LogP contribution in [0.3, 0.4) is 0 Å². The molecule has 2 aromatic carbocycles. The molecule has 0 fully saturated rings. The summed E-state index contributed by atoms with van der Waals surface area (Å²) in [5, 5.41) is 19.7. The number of benzene rings is 2. The van der Waals surface area contributed by atoms with Gasteiger partial charge in [-0.1, -0.05) is 36.4 Å². The summed E-state index contributed by atoms with van der Waals surface area (Å²) < 4.78 is 5.49. The number of hydrogen-bond donors (Lipinski definition) is 1. The zero-order valence-corrected chi connectivity index (χ0v) is 13.1. The summed E-state index contributed by atoms with van der Waals surface area (Å²) in [6.45, 7) is 6.02. The van der Waals surface area contributed by atoms with E-state index in [-0.39, 0.29) is 5.75 Å². The van der Waals surface area contributed by atoms with Gasteiger partial charge in [0.25, 0.3) is 0 Å². The molecule has 0 heterocycles. The lowest BCUT2D eigenvalue weighted by Crippen LogP contribution is -1.95. The van der Waals surface area contributed by atoms with Crippen molar-refractivity contribution >= 4 is 11.6 Å². The number of phenols is 1. The van der Waals surface area contributed by atoms with Gasteiger partial charge in [-0.3, -0.25) is 0 Å². The van der Waals surface area contributed by atoms with Crippen molar-refractivity contribution in [3.8, 4) is 17.6 Å². The van der Waals surface area contributed by atoms with Crippen LogP contribution in [0.15, 0.2) is 55.1 Å². The van der Waals surface area contributed by atoms with E-state index in [1.165, 1.54) is 0 Å². The van der Waals surface area contributed by atoms with Crippen LogP contribution < -0.4 is 4.74 Å². The smallest absolute Gasteiger partial charge is 0.161 e. The summed E-state index contributed by atoms with van der Waals surface area (Å²) in [7, 11) is 0. The molecule has 0 aromatic heterocycles. The molecule has 0 spiro atoms. The highest BCUT2D eigenvalue weighted by atomic mass is 16.5. The van der Waals surface area contributed by atoms with Crippen LogP contribution in [0.1, 0.15) is 23.6 Å². The van der Waals surface area contributed by atoms with E-state index in [2.05, 4.69) is 12.6 Å². The third-order valence-electron chi connectivity index (χ3n) is 3.36. The molecule has 3 nitrogen and oxygen atoms in total. The van der Waals surface area contributed by atoms with Gasteiger partial charge >= 0.3 is 0 Å². The Labute approximate surface area is 136 Å². The van der Waals surface area contributed by atoms with Gasteiger partial charge in [-0.15, -0.1) is 6.58 Å². The summed E-state index contributed by atoms with van der Waals surface area (Å²) in [6, 6.07) is 15.3. The zero-order valence-electron chi connectivity index (χ0n) is 13.1. The number of hydrogen-bond acceptors (Lipinski definition) is 3. The van der Waals surface area contributed by atoms with Gasteiger partial charge in [0.1, 0.15) is 0 Å². The van der Waals surface area contributed by atoms with Gasteiger partial charge in [0.2, 0.25) is 0 Å². The molecule has 2 rings (SSSR count). The SMILES string of the molecule is C=CCc1cc(/C=C(\C#N)c2ccccc2)cc(OCC)c1O. The number of allylic oxidation sites excluding steroid dienone is 2. The molecule has 0 aliphatic carbocycles. The standard InChI is InChI=1S/C20H19NO2/c1-3-8-17-11-15(13-19(20(17)22)23-4-2)12-18(14-21)16-9-6-5-7-10-16/h3,5-7,9-13,22H,1,4,8H2,2H3/b18-12+. The Balaban J connectivity index is 2.51. The van der Waals surface area contributed by atoms with Gasteiger partial charge in [0, 0.05) is 5.56 Å². The molecular weight excluding hydrogens is 286 g/mol. The molecule has 0 unspecified atom stereocenters. The maximum Gasteiger partial charge on any atom is 0.161 e. The molecule has 0 saturated heterocycles. The van der Waals surface area contributed by atoms with E-state index < -0.39 is 0 Å². The third kappa shape index (κ3) is 4.02. The number of nitrogens with zero attached hydrogens (tertiary/aromatic N) is 1. The van der Waals surface area contributed by atoms with Crippen molar-refractivity contribution in [2.24, 2.45) is 0 Å². The van der Waals surface area contributed by atoms with Crippen molar-refractivity contribution in [3.05, 3.63) is 71.8 Å². The van der Waals surface area contributed by atoms with Gasteiger partial charge in [0.15, 0.2) is 11.5 Å². The van der Waals surface area contributed by atoms with E-state index in [1.54, 1.807) is 18.2 Å². The topological polar surface area (TPSA) is 53.2 Å². The van der Waals surface area contributed by atoms with Crippen molar-refractivity contribution < 1.29 is 9.84 Å². The third-order valence-corrected chi connectivity index (χ3v) is 3.36. The first-order valence-corrected chi connectivity index (χ1v) is 7.46. The molecule has 23 heavy (non-hydrogen) atoms. The molecule has 0 amide bonds. The van der Waals surface area contributed by atoms with Gasteiger partial charge in [0.05, 0.1) is 18.2 Å². The number of aromatic hydroxyl groups is 1. The predicted molar refractivity (Wildman–Crippen MR) is 93.1 cm³/mol. The van der Waals surface area contributed by atoms with Crippen LogP contribution in [-0.4, -0.2) is 11.7 Å². The minimum absolute atomic E-state index is 0.127. The van der Waals surface area contributed by atoms with E-state index in [4.69, 9.17) is 4.74 Å². The lowest BCUT2D eigenvalue weighted by molar-refractivity contribution is 0.317. The molecule has 0 atom stereocenters. The highest BCUT2D eigenvalue weighted by molar-refractivity contribution is 5.90. The monoisotopic (exact) mass is 305 g/mol. The van der Waals surface area contributed by atoms with Crippen LogP contribution in [0, 0.1) is 11.3 Å². The van der Waals surface area contributed by atoms with E-state index in [9.17, 15) is 10.4 Å². The van der Waals surface area contributed by atoms with Crippen molar-refractivity contribution in [2.45, 2.75) is 13.3 Å². The summed E-state index contributed by atoms with van der Waals surface area (Å²) in [6.07, 6.45) is 4.05. The second-order valence-electron chi connectivity index (χ2n) is 4.99. The quantitative estimate of drug-likeness (QED) is 0.482. The van der Waals surface area contributed by atoms with E-state index in [1.807, 2.05) is 43.3 Å². The van der Waals surface area contributed by atoms with Crippen molar-refractivity contribution in [3.63, 3.8) is 0 Å². The van der Waals surface area contributed by atoms with Crippen molar-refractivity contribution in [1.82, 2.24) is 0 Å². The first-order chi connectivity index (χ1) is 11.2. The van der Waals surface area contributed by atoms with Gasteiger partial charge in [-0.05, 0) is 42.7 Å². The molecule has 0 aliphatic rings. The number of nitriles is 1. The Morgan fingerprint density at radius 3 is 2.65 bits per heavy atom. The average molecular weight is 305 g/mol. The Morgan fingerprint density at radius 2 is 2.04 bits per heavy atom. The molecule has 1 N–H and O–H groups in total. The fourth-order valence-corrected chi connectivity index (χ4v) is 2.31. The van der Waals surface area contributed by atoms with E-state index in [0.29, 0.717) is 24.4 Å². The number of ether oxygens (including phenoxy) is 1. The molecule has 2 aromatic rings. The second-order valence-corrected chi connectivity index (χ2v) is 4.99. The van der Waals surface area contributed by atoms with Crippen molar-refractivity contribution in [2.75, 3.05) is 6.61 Å². The summed E-state index contributed by atoms with van der Waals surface area (Å²) >= 11 is 0. The second kappa shape index (κ2) is 7.86. The van der Waals surface area contributed by atoms with Crippen LogP contribution in [0.5, 0.6) is 11.5 Å². The van der Waals surface area contributed by atoms with Crippen LogP contribution in [0.25, 0.3) is 11.6 Å². The Bertz CT molecular complexity index is 755. The number of rotatable bonds is 6. The first kappa shape index (κ1) is 16.4. The Hall–Kier alpha value is -2.99. The zero-order chi connectivity index (χ0) is 16.7. The van der Waals surface area contributed by atoms with E-state index >= 15 is 0 Å². The lowest BCUT2D eigenvalue weighted by Gasteiger charge is -2.11. The van der Waals surface area contributed by atoms with Crippen LogP contribution in [-0.2, 0) is 6.42 Å². The fraction of sp³-hybridized carbons (Fsp3) is 0.150. The van der Waals surface area contributed by atoms with Crippen LogP contribution in [0.4, 0.5) is 0 Å². The van der Waals surface area contributed by atoms with E-state index in [0.717, 1.165) is 16.7 Å². The minimum atomic E-state index is 0.127. The average Bonchev–Trinajstić information content (AvgIpc) is 2.58. The lowest BCUT2D eigenvalue weighted by atomic mass is 10.0. The molecule has 3 heteroatoms. The molecule has 116 valence electrons. The summed E-state index contributed by atoms with van der Waals surface area (Å²) in [5.74, 6) is 0.547. The largest absolute Gasteiger partial charge is 0.504 e. The minimum Gasteiger partial charge on any atom is -0.504 e. The first-order valence-electron chi connectivity index (χ1n) is 7.46. The van der Waals surface area contributed by atoms with Crippen molar-refractivity contribution in [1.29, 1.82) is 5.26 Å². The summed E-state index contributed by atoms with van der Waals surface area (Å²) in [4.78, 5) is 0. The normalized spacial score (nSPS) is 10.9. The molecule has 0 aliphatic heterocycles. The fourth-order valence-electron chi connectivity index (χ4n) is 2.31. The number of phenolic OH excluding ortho intramolecular Hbond substituents is 1. The van der Waals surface area contributed by atoms with Crippen LogP contribution >= 0.6 is 0 Å². The molecule has 0 bridgehead atoms. The van der Waals surface area contributed by atoms with Gasteiger partial charge in [-0.25, -0.2) is 0 Å². The summed E-state index contributed by atoms with van der Waals surface area (Å²) in [5.41, 5.74) is 2.95. The van der Waals surface area contributed by atoms with Crippen LogP contribution in [0.2, 0.25) is 0 Å². The molecule has 0 radical (unpaired) electrons. The maximum absolute atomic E-state index is 10.2. The van der Waals surface area contributed by atoms with Gasteiger partial charge in [-0.2, -0.15) is 5.26 Å². The highest BCUT2D eigenvalue weighted by Gasteiger charge is 2.10. The highest BCUT2D eigenvalue weighted by Crippen LogP contribution is 2.33. The molecular formula is C20H19NO2. The predicted octanol–water partition coefficient (Wildman–Crippen LogP) is 4.58. The Morgan fingerprint density at radius 1 is 1.30 bits per heavy atom. The maximum atomic E-state index is 10.2.